The van der Waals surface area contributed by atoms with Crippen LogP contribution < -0.4 is 15.4 Å². The van der Waals surface area contributed by atoms with E-state index >= 15 is 0 Å². The molecule has 0 spiro atoms. The summed E-state index contributed by atoms with van der Waals surface area (Å²) in [4.78, 5) is 0. The Bertz CT molecular complexity index is 995. The zero-order valence-corrected chi connectivity index (χ0v) is 18.9. The lowest BCUT2D eigenvalue weighted by Crippen LogP contribution is -2.41. The van der Waals surface area contributed by atoms with Crippen LogP contribution in [0.5, 0.6) is 0 Å². The van der Waals surface area contributed by atoms with Gasteiger partial charge in [0.05, 0.1) is 11.3 Å². The van der Waals surface area contributed by atoms with Gasteiger partial charge < -0.3 is 10.6 Å². The molecule has 5 nitrogen and oxygen atoms in total. The van der Waals surface area contributed by atoms with E-state index in [4.69, 9.17) is 0 Å². The first-order chi connectivity index (χ1) is 14.4. The van der Waals surface area contributed by atoms with Crippen LogP contribution in [0.3, 0.4) is 0 Å². The van der Waals surface area contributed by atoms with E-state index < -0.39 is 10.0 Å². The van der Waals surface area contributed by atoms with Crippen molar-refractivity contribution in [3.8, 4) is 11.1 Å². The van der Waals surface area contributed by atoms with Gasteiger partial charge in [-0.3, -0.25) is 0 Å². The Morgan fingerprint density at radius 2 is 1.67 bits per heavy atom. The van der Waals surface area contributed by atoms with Crippen LogP contribution in [0.2, 0.25) is 0 Å². The molecule has 4 rings (SSSR count). The molecule has 1 fully saturated rings. The molecule has 6 heteroatoms. The Labute approximate surface area is 180 Å². The molecular formula is C24H33N3O2S. The first-order valence-electron chi connectivity index (χ1n) is 11.0. The van der Waals surface area contributed by atoms with E-state index in [1.807, 2.05) is 7.05 Å². The fraction of sp³-hybridized carbons (Fsp3) is 0.500. The Kier molecular flexibility index (Phi) is 6.19. The molecule has 2 aromatic rings. The van der Waals surface area contributed by atoms with Gasteiger partial charge in [-0.2, -0.15) is 0 Å². The van der Waals surface area contributed by atoms with E-state index in [1.165, 1.54) is 22.3 Å². The highest BCUT2D eigenvalue weighted by Crippen LogP contribution is 2.44. The first-order valence-corrected chi connectivity index (χ1v) is 12.6. The van der Waals surface area contributed by atoms with Crippen LogP contribution in [0.4, 0.5) is 5.69 Å². The third-order valence-corrected chi connectivity index (χ3v) is 8.51. The van der Waals surface area contributed by atoms with Crippen molar-refractivity contribution in [1.29, 1.82) is 0 Å². The van der Waals surface area contributed by atoms with Crippen molar-refractivity contribution in [2.75, 3.05) is 18.9 Å². The van der Waals surface area contributed by atoms with Gasteiger partial charge in [-0.15, -0.1) is 0 Å². The lowest BCUT2D eigenvalue weighted by Gasteiger charge is -2.29. The number of rotatable bonds is 7. The Balaban J connectivity index is 1.36. The van der Waals surface area contributed by atoms with Gasteiger partial charge in [0, 0.05) is 18.3 Å². The SMILES string of the molecule is CNC1c2ccccc2-c2cc(NCC3CCC(NS(=O)(=O)C(C)C)CC3)ccc21. The molecule has 1 atom stereocenters. The van der Waals surface area contributed by atoms with Crippen molar-refractivity contribution >= 4 is 15.7 Å². The summed E-state index contributed by atoms with van der Waals surface area (Å²) in [5, 5.41) is 6.70. The Morgan fingerprint density at radius 1 is 0.967 bits per heavy atom. The standard InChI is InChI=1S/C24H33N3O2S/c1-16(2)30(28,29)27-18-10-8-17(9-11-18)15-26-19-12-13-22-23(14-19)20-6-4-5-7-21(20)24(22)25-3/h4-7,12-14,16-18,24-27H,8-11,15H2,1-3H3. The molecule has 1 saturated carbocycles. The maximum Gasteiger partial charge on any atom is 0.214 e. The summed E-state index contributed by atoms with van der Waals surface area (Å²) < 4.78 is 27.1. The third kappa shape index (κ3) is 4.27. The summed E-state index contributed by atoms with van der Waals surface area (Å²) in [6.45, 7) is 4.39. The molecule has 2 aliphatic rings. The molecule has 2 aromatic carbocycles. The number of hydrogen-bond acceptors (Lipinski definition) is 4. The zero-order chi connectivity index (χ0) is 21.3. The van der Waals surface area contributed by atoms with E-state index in [0.29, 0.717) is 5.92 Å². The smallest absolute Gasteiger partial charge is 0.214 e. The second kappa shape index (κ2) is 8.69. The predicted molar refractivity (Wildman–Crippen MR) is 124 cm³/mol. The summed E-state index contributed by atoms with van der Waals surface area (Å²) in [6, 6.07) is 15.6. The molecule has 3 N–H and O–H groups in total. The molecular weight excluding hydrogens is 394 g/mol. The van der Waals surface area contributed by atoms with Gasteiger partial charge in [0.25, 0.3) is 0 Å². The van der Waals surface area contributed by atoms with Gasteiger partial charge in [0.1, 0.15) is 0 Å². The van der Waals surface area contributed by atoms with Crippen LogP contribution in [0, 0.1) is 5.92 Å². The van der Waals surface area contributed by atoms with Gasteiger partial charge in [-0.25, -0.2) is 13.1 Å². The number of hydrogen-bond donors (Lipinski definition) is 3. The summed E-state index contributed by atoms with van der Waals surface area (Å²) in [7, 11) is -1.16. The quantitative estimate of drug-likeness (QED) is 0.617. The monoisotopic (exact) mass is 427 g/mol. The highest BCUT2D eigenvalue weighted by Gasteiger charge is 2.28. The molecule has 0 radical (unpaired) electrons. The largest absolute Gasteiger partial charge is 0.385 e. The van der Waals surface area contributed by atoms with Crippen LogP contribution in [-0.4, -0.2) is 33.3 Å². The highest BCUT2D eigenvalue weighted by atomic mass is 32.2. The third-order valence-electron chi connectivity index (χ3n) is 6.61. The summed E-state index contributed by atoms with van der Waals surface area (Å²) >= 11 is 0. The molecule has 0 aromatic heterocycles. The van der Waals surface area contributed by atoms with Gasteiger partial charge in [-0.05, 0) is 86.9 Å². The molecule has 0 aliphatic heterocycles. The average Bonchev–Trinajstić information content (AvgIpc) is 3.06. The molecule has 0 bridgehead atoms. The molecule has 0 heterocycles. The lowest BCUT2D eigenvalue weighted by atomic mass is 9.86. The van der Waals surface area contributed by atoms with Gasteiger partial charge in [0.15, 0.2) is 0 Å². The minimum absolute atomic E-state index is 0.0867. The lowest BCUT2D eigenvalue weighted by molar-refractivity contribution is 0.323. The second-order valence-corrected chi connectivity index (χ2v) is 11.2. The molecule has 162 valence electrons. The summed E-state index contributed by atoms with van der Waals surface area (Å²) in [5.41, 5.74) is 6.45. The fourth-order valence-electron chi connectivity index (χ4n) is 4.74. The molecule has 30 heavy (non-hydrogen) atoms. The number of fused-ring (bicyclic) bond motifs is 3. The number of anilines is 1. The zero-order valence-electron chi connectivity index (χ0n) is 18.1. The Morgan fingerprint density at radius 3 is 2.37 bits per heavy atom. The van der Waals surface area contributed by atoms with Gasteiger partial charge in [0.2, 0.25) is 10.0 Å². The van der Waals surface area contributed by atoms with E-state index in [0.717, 1.165) is 37.9 Å². The summed E-state index contributed by atoms with van der Waals surface area (Å²) in [6.07, 6.45) is 3.93. The van der Waals surface area contributed by atoms with Gasteiger partial charge in [-0.1, -0.05) is 30.3 Å². The molecule has 0 amide bonds. The number of nitrogens with one attached hydrogen (secondary N) is 3. The van der Waals surface area contributed by atoms with E-state index in [2.05, 4.69) is 57.8 Å². The van der Waals surface area contributed by atoms with Crippen LogP contribution in [-0.2, 0) is 10.0 Å². The topological polar surface area (TPSA) is 70.2 Å². The molecule has 0 saturated heterocycles. The predicted octanol–water partition coefficient (Wildman–Crippen LogP) is 4.27. The molecule has 2 aliphatic carbocycles. The average molecular weight is 428 g/mol. The maximum atomic E-state index is 12.1. The van der Waals surface area contributed by atoms with Crippen molar-refractivity contribution in [1.82, 2.24) is 10.0 Å². The minimum Gasteiger partial charge on any atom is -0.385 e. The van der Waals surface area contributed by atoms with E-state index in [-0.39, 0.29) is 17.3 Å². The van der Waals surface area contributed by atoms with Crippen molar-refractivity contribution in [3.05, 3.63) is 53.6 Å². The highest BCUT2D eigenvalue weighted by molar-refractivity contribution is 7.90. The van der Waals surface area contributed by atoms with Crippen LogP contribution in [0.1, 0.15) is 56.7 Å². The van der Waals surface area contributed by atoms with E-state index in [9.17, 15) is 8.42 Å². The number of sulfonamides is 1. The second-order valence-electron chi connectivity index (χ2n) is 8.92. The van der Waals surface area contributed by atoms with Crippen LogP contribution in [0.15, 0.2) is 42.5 Å². The van der Waals surface area contributed by atoms with Crippen LogP contribution >= 0.6 is 0 Å². The van der Waals surface area contributed by atoms with Gasteiger partial charge >= 0.3 is 0 Å². The van der Waals surface area contributed by atoms with Crippen molar-refractivity contribution in [2.45, 2.75) is 56.9 Å². The van der Waals surface area contributed by atoms with Crippen molar-refractivity contribution in [3.63, 3.8) is 0 Å². The minimum atomic E-state index is -3.18. The maximum absolute atomic E-state index is 12.1. The van der Waals surface area contributed by atoms with Crippen molar-refractivity contribution in [2.24, 2.45) is 5.92 Å². The van der Waals surface area contributed by atoms with E-state index in [1.54, 1.807) is 13.8 Å². The van der Waals surface area contributed by atoms with Crippen LogP contribution in [0.25, 0.3) is 11.1 Å². The first kappa shape index (κ1) is 21.3. The fourth-order valence-corrected chi connectivity index (χ4v) is 5.71. The molecule has 1 unspecified atom stereocenters. The van der Waals surface area contributed by atoms with Crippen molar-refractivity contribution < 1.29 is 8.42 Å². The normalized spacial score (nSPS) is 23.3. The Hall–Kier alpha value is -1.89. The summed E-state index contributed by atoms with van der Waals surface area (Å²) in [5.74, 6) is 0.579. The number of benzene rings is 2.